The third-order valence-electron chi connectivity index (χ3n) is 2.10. The second-order valence-electron chi connectivity index (χ2n) is 4.50. The van der Waals surface area contributed by atoms with Gasteiger partial charge >= 0.3 is 0 Å². The van der Waals surface area contributed by atoms with E-state index >= 15 is 0 Å². The molecule has 0 unspecified atom stereocenters. The summed E-state index contributed by atoms with van der Waals surface area (Å²) in [4.78, 5) is 11.5. The highest BCUT2D eigenvalue weighted by Gasteiger charge is 2.12. The van der Waals surface area contributed by atoms with E-state index < -0.39 is 5.60 Å². The van der Waals surface area contributed by atoms with Gasteiger partial charge in [0.15, 0.2) is 0 Å². The average molecular weight is 288 g/mol. The first kappa shape index (κ1) is 15.0. The summed E-state index contributed by atoms with van der Waals surface area (Å²) in [6.07, 6.45) is 2.88. The molecule has 5 heteroatoms. The summed E-state index contributed by atoms with van der Waals surface area (Å²) in [6, 6.07) is 5.13. The van der Waals surface area contributed by atoms with Crippen LogP contribution in [0.2, 0.25) is 10.0 Å². The second-order valence-corrected chi connectivity index (χ2v) is 5.31. The Morgan fingerprint density at radius 2 is 1.94 bits per heavy atom. The van der Waals surface area contributed by atoms with Gasteiger partial charge in [-0.05, 0) is 32.1 Å². The van der Waals surface area contributed by atoms with Crippen LogP contribution in [0.15, 0.2) is 24.3 Å². The molecule has 0 aromatic heterocycles. The average Bonchev–Trinajstić information content (AvgIpc) is 2.25. The Kier molecular flexibility index (Phi) is 5.20. The van der Waals surface area contributed by atoms with Gasteiger partial charge in [0.05, 0.1) is 5.60 Å². The van der Waals surface area contributed by atoms with E-state index in [1.165, 1.54) is 6.08 Å². The molecule has 0 fully saturated rings. The van der Waals surface area contributed by atoms with Crippen molar-refractivity contribution in [1.29, 1.82) is 0 Å². The van der Waals surface area contributed by atoms with E-state index in [2.05, 4.69) is 5.32 Å². The highest BCUT2D eigenvalue weighted by atomic mass is 35.5. The van der Waals surface area contributed by atoms with Crippen LogP contribution in [0, 0.1) is 0 Å². The molecule has 0 aliphatic rings. The summed E-state index contributed by atoms with van der Waals surface area (Å²) in [6.45, 7) is 3.40. The van der Waals surface area contributed by atoms with Gasteiger partial charge in [-0.15, -0.1) is 0 Å². The smallest absolute Gasteiger partial charge is 0.244 e. The topological polar surface area (TPSA) is 49.3 Å². The standard InChI is InChI=1S/C13H15Cl2NO2/c1-13(2,18)8-16-12(17)7-6-9-10(14)4-3-5-11(9)15/h3-7,18H,8H2,1-2H3,(H,16,17). The third-order valence-corrected chi connectivity index (χ3v) is 2.76. The van der Waals surface area contributed by atoms with E-state index in [1.807, 2.05) is 0 Å². The summed E-state index contributed by atoms with van der Waals surface area (Å²) >= 11 is 11.9. The van der Waals surface area contributed by atoms with Crippen molar-refractivity contribution in [3.8, 4) is 0 Å². The molecule has 0 aliphatic heterocycles. The quantitative estimate of drug-likeness (QED) is 0.837. The molecule has 0 aliphatic carbocycles. The van der Waals surface area contributed by atoms with Gasteiger partial charge in [0.25, 0.3) is 0 Å². The van der Waals surface area contributed by atoms with Crippen molar-refractivity contribution >= 4 is 35.2 Å². The molecule has 1 aromatic carbocycles. The van der Waals surface area contributed by atoms with Crippen molar-refractivity contribution in [1.82, 2.24) is 5.32 Å². The van der Waals surface area contributed by atoms with Crippen LogP contribution in [-0.4, -0.2) is 23.2 Å². The van der Waals surface area contributed by atoms with Gasteiger partial charge in [-0.2, -0.15) is 0 Å². The van der Waals surface area contributed by atoms with Crippen LogP contribution >= 0.6 is 23.2 Å². The number of hydrogen-bond acceptors (Lipinski definition) is 2. The number of carbonyl (C=O) groups excluding carboxylic acids is 1. The van der Waals surface area contributed by atoms with Crippen molar-refractivity contribution in [2.75, 3.05) is 6.54 Å². The van der Waals surface area contributed by atoms with Gasteiger partial charge in [-0.1, -0.05) is 29.3 Å². The lowest BCUT2D eigenvalue weighted by atomic mass is 10.1. The fraction of sp³-hybridized carbons (Fsp3) is 0.308. The van der Waals surface area contributed by atoms with Gasteiger partial charge in [0, 0.05) is 28.2 Å². The molecular weight excluding hydrogens is 273 g/mol. The zero-order valence-corrected chi connectivity index (χ0v) is 11.7. The van der Waals surface area contributed by atoms with Gasteiger partial charge in [-0.3, -0.25) is 4.79 Å². The molecular formula is C13H15Cl2NO2. The van der Waals surface area contributed by atoms with Crippen LogP contribution in [0.25, 0.3) is 6.08 Å². The molecule has 0 saturated carbocycles. The first-order valence-electron chi connectivity index (χ1n) is 5.42. The Bertz CT molecular complexity index is 444. The normalized spacial score (nSPS) is 11.8. The first-order chi connectivity index (χ1) is 8.29. The Balaban J connectivity index is 2.67. The SMILES string of the molecule is CC(C)(O)CNC(=O)C=Cc1c(Cl)cccc1Cl. The minimum atomic E-state index is -0.939. The fourth-order valence-corrected chi connectivity index (χ4v) is 1.71. The van der Waals surface area contributed by atoms with Crippen molar-refractivity contribution in [2.45, 2.75) is 19.4 Å². The molecule has 1 amide bonds. The lowest BCUT2D eigenvalue weighted by molar-refractivity contribution is -0.117. The summed E-state index contributed by atoms with van der Waals surface area (Å²) in [5.74, 6) is -0.312. The number of nitrogens with one attached hydrogen (secondary N) is 1. The Hall–Kier alpha value is -1.03. The number of aliphatic hydroxyl groups is 1. The highest BCUT2D eigenvalue weighted by molar-refractivity contribution is 6.37. The van der Waals surface area contributed by atoms with Crippen molar-refractivity contribution in [3.63, 3.8) is 0 Å². The molecule has 98 valence electrons. The number of benzene rings is 1. The molecule has 0 spiro atoms. The Morgan fingerprint density at radius 3 is 2.44 bits per heavy atom. The van der Waals surface area contributed by atoms with Crippen LogP contribution in [0.5, 0.6) is 0 Å². The largest absolute Gasteiger partial charge is 0.389 e. The molecule has 0 bridgehead atoms. The van der Waals surface area contributed by atoms with Gasteiger partial charge < -0.3 is 10.4 Å². The van der Waals surface area contributed by atoms with Crippen LogP contribution in [0.4, 0.5) is 0 Å². The van der Waals surface area contributed by atoms with Crippen LogP contribution < -0.4 is 5.32 Å². The number of hydrogen-bond donors (Lipinski definition) is 2. The van der Waals surface area contributed by atoms with Crippen LogP contribution in [0.1, 0.15) is 19.4 Å². The molecule has 0 atom stereocenters. The lowest BCUT2D eigenvalue weighted by Crippen LogP contribution is -2.37. The van der Waals surface area contributed by atoms with Crippen LogP contribution in [0.3, 0.4) is 0 Å². The van der Waals surface area contributed by atoms with E-state index in [9.17, 15) is 9.90 Å². The van der Waals surface area contributed by atoms with Gasteiger partial charge in [0.1, 0.15) is 0 Å². The maximum atomic E-state index is 11.5. The van der Waals surface area contributed by atoms with E-state index in [1.54, 1.807) is 38.1 Å². The van der Waals surface area contributed by atoms with Crippen molar-refractivity contribution in [3.05, 3.63) is 39.9 Å². The predicted molar refractivity (Wildman–Crippen MR) is 74.8 cm³/mol. The van der Waals surface area contributed by atoms with Crippen LogP contribution in [-0.2, 0) is 4.79 Å². The maximum absolute atomic E-state index is 11.5. The number of carbonyl (C=O) groups is 1. The fourth-order valence-electron chi connectivity index (χ4n) is 1.19. The summed E-state index contributed by atoms with van der Waals surface area (Å²) in [7, 11) is 0. The first-order valence-corrected chi connectivity index (χ1v) is 6.17. The van der Waals surface area contributed by atoms with E-state index in [0.29, 0.717) is 15.6 Å². The van der Waals surface area contributed by atoms with E-state index in [0.717, 1.165) is 0 Å². The summed E-state index contributed by atoms with van der Waals surface area (Å²) in [5, 5.41) is 13.0. The monoisotopic (exact) mass is 287 g/mol. The summed E-state index contributed by atoms with van der Waals surface area (Å²) in [5.41, 5.74) is -0.342. The number of halogens is 2. The molecule has 0 saturated heterocycles. The van der Waals surface area contributed by atoms with Crippen molar-refractivity contribution < 1.29 is 9.90 Å². The maximum Gasteiger partial charge on any atom is 0.244 e. The molecule has 1 aromatic rings. The Morgan fingerprint density at radius 1 is 1.39 bits per heavy atom. The minimum absolute atomic E-state index is 0.173. The molecule has 0 heterocycles. The number of amides is 1. The Labute approximate surface area is 116 Å². The van der Waals surface area contributed by atoms with E-state index in [-0.39, 0.29) is 12.5 Å². The van der Waals surface area contributed by atoms with Gasteiger partial charge in [0.2, 0.25) is 5.91 Å². The number of rotatable bonds is 4. The zero-order valence-electron chi connectivity index (χ0n) is 10.2. The highest BCUT2D eigenvalue weighted by Crippen LogP contribution is 2.25. The van der Waals surface area contributed by atoms with E-state index in [4.69, 9.17) is 23.2 Å². The zero-order chi connectivity index (χ0) is 13.8. The predicted octanol–water partition coefficient (Wildman–Crippen LogP) is 2.89. The molecule has 1 rings (SSSR count). The molecule has 2 N–H and O–H groups in total. The molecule has 0 radical (unpaired) electrons. The summed E-state index contributed by atoms with van der Waals surface area (Å²) < 4.78 is 0. The molecule has 18 heavy (non-hydrogen) atoms. The lowest BCUT2D eigenvalue weighted by Gasteiger charge is -2.16. The minimum Gasteiger partial charge on any atom is -0.389 e. The van der Waals surface area contributed by atoms with Gasteiger partial charge in [-0.25, -0.2) is 0 Å². The third kappa shape index (κ3) is 5.08. The second kappa shape index (κ2) is 6.23. The van der Waals surface area contributed by atoms with Crippen molar-refractivity contribution in [2.24, 2.45) is 0 Å². The molecule has 3 nitrogen and oxygen atoms in total.